The SMILES string of the molecule is O=C(NC(c1ccccc1)C1CC1)c1nc(Cl)c(Cl)c(Cl)c1Cl. The van der Waals surface area contributed by atoms with Crippen LogP contribution in [0.4, 0.5) is 0 Å². The molecule has 1 aliphatic carbocycles. The summed E-state index contributed by atoms with van der Waals surface area (Å²) >= 11 is 23.9. The van der Waals surface area contributed by atoms with Gasteiger partial charge in [0.2, 0.25) is 0 Å². The molecule has 1 aromatic carbocycles. The number of aromatic nitrogens is 1. The minimum Gasteiger partial charge on any atom is -0.344 e. The second-order valence-corrected chi connectivity index (χ2v) is 6.88. The fourth-order valence-corrected chi connectivity index (χ4v) is 3.22. The van der Waals surface area contributed by atoms with Crippen LogP contribution >= 0.6 is 46.4 Å². The Morgan fingerprint density at radius 2 is 1.70 bits per heavy atom. The van der Waals surface area contributed by atoms with Crippen molar-refractivity contribution in [2.75, 3.05) is 0 Å². The number of halogens is 4. The fraction of sp³-hybridized carbons (Fsp3) is 0.250. The normalized spacial score (nSPS) is 15.3. The summed E-state index contributed by atoms with van der Waals surface area (Å²) in [6.07, 6.45) is 2.15. The summed E-state index contributed by atoms with van der Waals surface area (Å²) in [5.74, 6) is -0.00501. The summed E-state index contributed by atoms with van der Waals surface area (Å²) in [4.78, 5) is 16.5. The van der Waals surface area contributed by atoms with Gasteiger partial charge in [-0.3, -0.25) is 4.79 Å². The molecular formula is C16H12Cl4N2O. The smallest absolute Gasteiger partial charge is 0.272 e. The molecule has 0 bridgehead atoms. The molecule has 120 valence electrons. The predicted molar refractivity (Wildman–Crippen MR) is 93.7 cm³/mol. The number of carbonyl (C=O) groups excluding carboxylic acids is 1. The van der Waals surface area contributed by atoms with Crippen molar-refractivity contribution in [3.05, 3.63) is 61.8 Å². The van der Waals surface area contributed by atoms with Gasteiger partial charge in [0.05, 0.1) is 21.1 Å². The van der Waals surface area contributed by atoms with Crippen molar-refractivity contribution >= 4 is 52.3 Å². The molecule has 1 fully saturated rings. The van der Waals surface area contributed by atoms with Crippen LogP contribution in [0.25, 0.3) is 0 Å². The van der Waals surface area contributed by atoms with E-state index in [9.17, 15) is 4.79 Å². The number of nitrogens with zero attached hydrogens (tertiary/aromatic N) is 1. The van der Waals surface area contributed by atoms with Crippen molar-refractivity contribution in [1.29, 1.82) is 0 Å². The van der Waals surface area contributed by atoms with Crippen molar-refractivity contribution in [3.63, 3.8) is 0 Å². The number of amides is 1. The molecule has 23 heavy (non-hydrogen) atoms. The Morgan fingerprint density at radius 1 is 1.04 bits per heavy atom. The zero-order valence-electron chi connectivity index (χ0n) is 11.8. The van der Waals surface area contributed by atoms with Gasteiger partial charge in [0.15, 0.2) is 0 Å². The van der Waals surface area contributed by atoms with Crippen molar-refractivity contribution in [2.45, 2.75) is 18.9 Å². The summed E-state index contributed by atoms with van der Waals surface area (Å²) in [7, 11) is 0. The van der Waals surface area contributed by atoms with E-state index in [-0.39, 0.29) is 32.0 Å². The lowest BCUT2D eigenvalue weighted by Crippen LogP contribution is -2.30. The number of rotatable bonds is 4. The first kappa shape index (κ1) is 16.8. The minimum atomic E-state index is -0.420. The average Bonchev–Trinajstić information content (AvgIpc) is 3.39. The molecule has 1 atom stereocenters. The van der Waals surface area contributed by atoms with Gasteiger partial charge in [-0.25, -0.2) is 4.98 Å². The molecule has 1 heterocycles. The van der Waals surface area contributed by atoms with Crippen LogP contribution < -0.4 is 5.32 Å². The molecule has 1 aromatic heterocycles. The first-order valence-corrected chi connectivity index (χ1v) is 8.56. The van der Waals surface area contributed by atoms with Gasteiger partial charge in [-0.1, -0.05) is 76.7 Å². The van der Waals surface area contributed by atoms with E-state index in [1.807, 2.05) is 30.3 Å². The van der Waals surface area contributed by atoms with E-state index in [0.717, 1.165) is 18.4 Å². The zero-order valence-corrected chi connectivity index (χ0v) is 14.8. The Bertz CT molecular complexity index is 747. The van der Waals surface area contributed by atoms with Crippen LogP contribution in [0.5, 0.6) is 0 Å². The lowest BCUT2D eigenvalue weighted by Gasteiger charge is -2.19. The molecule has 0 radical (unpaired) electrons. The number of benzene rings is 1. The third-order valence-electron chi connectivity index (χ3n) is 3.74. The molecule has 1 saturated carbocycles. The maximum atomic E-state index is 12.6. The van der Waals surface area contributed by atoms with Gasteiger partial charge in [-0.2, -0.15) is 0 Å². The molecule has 3 nitrogen and oxygen atoms in total. The van der Waals surface area contributed by atoms with Gasteiger partial charge in [0.1, 0.15) is 10.8 Å². The van der Waals surface area contributed by atoms with Crippen molar-refractivity contribution < 1.29 is 4.79 Å². The monoisotopic (exact) mass is 388 g/mol. The molecule has 1 aliphatic rings. The standard InChI is InChI=1S/C16H12Cl4N2O/c17-10-11(18)14(21-15(20)12(10)19)16(23)22-13(9-6-7-9)8-4-2-1-3-5-8/h1-5,9,13H,6-7H2,(H,22,23). The molecular weight excluding hydrogens is 378 g/mol. The van der Waals surface area contributed by atoms with Crippen LogP contribution in [0.1, 0.15) is 34.9 Å². The molecule has 7 heteroatoms. The second kappa shape index (κ2) is 6.86. The molecule has 3 rings (SSSR count). The molecule has 1 N–H and O–H groups in total. The highest BCUT2D eigenvalue weighted by atomic mass is 35.5. The van der Waals surface area contributed by atoms with Crippen LogP contribution in [-0.2, 0) is 0 Å². The van der Waals surface area contributed by atoms with Gasteiger partial charge in [0.25, 0.3) is 5.91 Å². The van der Waals surface area contributed by atoms with Crippen molar-refractivity contribution in [2.24, 2.45) is 5.92 Å². The Labute approximate surface area is 153 Å². The number of hydrogen-bond donors (Lipinski definition) is 1. The van der Waals surface area contributed by atoms with E-state index in [0.29, 0.717) is 5.92 Å². The number of carbonyl (C=O) groups is 1. The molecule has 0 spiro atoms. The highest BCUT2D eigenvalue weighted by Gasteiger charge is 2.34. The largest absolute Gasteiger partial charge is 0.344 e. The third-order valence-corrected chi connectivity index (χ3v) is 5.42. The van der Waals surface area contributed by atoms with Gasteiger partial charge >= 0.3 is 0 Å². The van der Waals surface area contributed by atoms with Crippen molar-refractivity contribution in [3.8, 4) is 0 Å². The Balaban J connectivity index is 1.89. The molecule has 0 aliphatic heterocycles. The van der Waals surface area contributed by atoms with Crippen LogP contribution in [0.3, 0.4) is 0 Å². The van der Waals surface area contributed by atoms with E-state index in [4.69, 9.17) is 46.4 Å². The summed E-state index contributed by atoms with van der Waals surface area (Å²) in [6, 6.07) is 9.71. The van der Waals surface area contributed by atoms with E-state index in [1.165, 1.54) is 0 Å². The summed E-state index contributed by atoms with van der Waals surface area (Å²) < 4.78 is 0. The van der Waals surface area contributed by atoms with Crippen LogP contribution in [0, 0.1) is 5.92 Å². The lowest BCUT2D eigenvalue weighted by molar-refractivity contribution is 0.0927. The molecule has 1 amide bonds. The number of nitrogens with one attached hydrogen (secondary N) is 1. The fourth-order valence-electron chi connectivity index (χ4n) is 2.41. The van der Waals surface area contributed by atoms with Gasteiger partial charge in [-0.15, -0.1) is 0 Å². The number of hydrogen-bond acceptors (Lipinski definition) is 2. The Kier molecular flexibility index (Phi) is 5.02. The third kappa shape index (κ3) is 3.58. The summed E-state index contributed by atoms with van der Waals surface area (Å²) in [6.45, 7) is 0. The highest BCUT2D eigenvalue weighted by molar-refractivity contribution is 6.52. The van der Waals surface area contributed by atoms with E-state index < -0.39 is 5.91 Å². The molecule has 1 unspecified atom stereocenters. The number of pyridine rings is 1. The highest BCUT2D eigenvalue weighted by Crippen LogP contribution is 2.41. The van der Waals surface area contributed by atoms with Gasteiger partial charge in [0, 0.05) is 0 Å². The quantitative estimate of drug-likeness (QED) is 0.693. The van der Waals surface area contributed by atoms with Gasteiger partial charge in [-0.05, 0) is 24.3 Å². The lowest BCUT2D eigenvalue weighted by atomic mass is 10.0. The average molecular weight is 390 g/mol. The molecule has 2 aromatic rings. The Hall–Kier alpha value is -1.000. The van der Waals surface area contributed by atoms with Gasteiger partial charge < -0.3 is 5.32 Å². The zero-order chi connectivity index (χ0) is 16.6. The minimum absolute atomic E-state index is 0.00109. The molecule has 0 saturated heterocycles. The maximum Gasteiger partial charge on any atom is 0.272 e. The predicted octanol–water partition coefficient (Wildman–Crippen LogP) is 5.58. The maximum absolute atomic E-state index is 12.6. The summed E-state index contributed by atoms with van der Waals surface area (Å²) in [5.41, 5.74) is 1.03. The van der Waals surface area contributed by atoms with E-state index in [1.54, 1.807) is 0 Å². The second-order valence-electron chi connectivity index (χ2n) is 5.39. The van der Waals surface area contributed by atoms with Crippen LogP contribution in [0.15, 0.2) is 30.3 Å². The Morgan fingerprint density at radius 3 is 2.30 bits per heavy atom. The first-order valence-electron chi connectivity index (χ1n) is 7.05. The van der Waals surface area contributed by atoms with Crippen LogP contribution in [0.2, 0.25) is 20.2 Å². The first-order chi connectivity index (χ1) is 11.0. The topological polar surface area (TPSA) is 42.0 Å². The summed E-state index contributed by atoms with van der Waals surface area (Å²) in [5, 5.41) is 3.00. The van der Waals surface area contributed by atoms with Crippen LogP contribution in [-0.4, -0.2) is 10.9 Å². The van der Waals surface area contributed by atoms with Crippen molar-refractivity contribution in [1.82, 2.24) is 10.3 Å². The van der Waals surface area contributed by atoms with E-state index >= 15 is 0 Å². The van der Waals surface area contributed by atoms with E-state index in [2.05, 4.69) is 10.3 Å².